The van der Waals surface area contributed by atoms with Crippen LogP contribution in [0.5, 0.6) is 0 Å². The van der Waals surface area contributed by atoms with E-state index in [9.17, 15) is 4.79 Å². The summed E-state index contributed by atoms with van der Waals surface area (Å²) >= 11 is 0. The van der Waals surface area contributed by atoms with Gasteiger partial charge in [-0.05, 0) is 31.6 Å². The van der Waals surface area contributed by atoms with Crippen LogP contribution in [0.25, 0.3) is 0 Å². The normalized spacial score (nSPS) is 21.1. The Morgan fingerprint density at radius 2 is 1.94 bits per heavy atom. The minimum Gasteiger partial charge on any atom is -0.299 e. The SMILES string of the molecule is CCC(CC)N(CC(C)C)CC1CCCC1=O. The Kier molecular flexibility index (Phi) is 6.18. The van der Waals surface area contributed by atoms with Crippen molar-refractivity contribution in [2.75, 3.05) is 13.1 Å². The second-order valence-electron chi connectivity index (χ2n) is 5.87. The Bertz CT molecular complexity index is 233. The standard InChI is InChI=1S/C15H29NO/c1-5-14(6-2)16(10-12(3)4)11-13-8-7-9-15(13)17/h12-14H,5-11H2,1-4H3. The second-order valence-corrected chi connectivity index (χ2v) is 5.87. The van der Waals surface area contributed by atoms with E-state index in [1.807, 2.05) is 0 Å². The van der Waals surface area contributed by atoms with Crippen molar-refractivity contribution < 1.29 is 4.79 Å². The van der Waals surface area contributed by atoms with Crippen molar-refractivity contribution in [3.63, 3.8) is 0 Å². The molecule has 0 aromatic heterocycles. The average molecular weight is 239 g/mol. The summed E-state index contributed by atoms with van der Waals surface area (Å²) in [5.41, 5.74) is 0. The highest BCUT2D eigenvalue weighted by Crippen LogP contribution is 2.24. The molecule has 0 saturated heterocycles. The van der Waals surface area contributed by atoms with E-state index in [4.69, 9.17) is 0 Å². The first-order valence-corrected chi connectivity index (χ1v) is 7.35. The average Bonchev–Trinajstić information content (AvgIpc) is 2.65. The van der Waals surface area contributed by atoms with E-state index in [1.165, 1.54) is 12.8 Å². The van der Waals surface area contributed by atoms with E-state index >= 15 is 0 Å². The van der Waals surface area contributed by atoms with Crippen molar-refractivity contribution in [3.8, 4) is 0 Å². The molecule has 1 aliphatic rings. The molecule has 0 amide bonds. The smallest absolute Gasteiger partial charge is 0.137 e. The largest absolute Gasteiger partial charge is 0.299 e. The van der Waals surface area contributed by atoms with Crippen LogP contribution < -0.4 is 0 Å². The molecule has 0 aromatic carbocycles. The molecule has 1 saturated carbocycles. The van der Waals surface area contributed by atoms with Crippen molar-refractivity contribution in [2.45, 2.75) is 65.8 Å². The molecular formula is C15H29NO. The van der Waals surface area contributed by atoms with Gasteiger partial charge in [-0.2, -0.15) is 0 Å². The molecular weight excluding hydrogens is 210 g/mol. The Labute approximate surface area is 107 Å². The number of hydrogen-bond acceptors (Lipinski definition) is 2. The number of carbonyl (C=O) groups excluding carboxylic acids is 1. The third-order valence-corrected chi connectivity index (χ3v) is 3.94. The van der Waals surface area contributed by atoms with E-state index in [1.54, 1.807) is 0 Å². The van der Waals surface area contributed by atoms with Gasteiger partial charge in [-0.1, -0.05) is 27.7 Å². The number of hydrogen-bond donors (Lipinski definition) is 0. The highest BCUT2D eigenvalue weighted by Gasteiger charge is 2.28. The molecule has 2 nitrogen and oxygen atoms in total. The quantitative estimate of drug-likeness (QED) is 0.677. The van der Waals surface area contributed by atoms with Crippen LogP contribution in [0.3, 0.4) is 0 Å². The van der Waals surface area contributed by atoms with Gasteiger partial charge in [0, 0.05) is 31.5 Å². The Morgan fingerprint density at radius 3 is 2.35 bits per heavy atom. The first-order valence-electron chi connectivity index (χ1n) is 7.35. The van der Waals surface area contributed by atoms with Gasteiger partial charge in [-0.25, -0.2) is 0 Å². The summed E-state index contributed by atoms with van der Waals surface area (Å²) in [4.78, 5) is 14.3. The number of nitrogens with zero attached hydrogens (tertiary/aromatic N) is 1. The summed E-state index contributed by atoms with van der Waals surface area (Å²) in [6, 6.07) is 0.658. The van der Waals surface area contributed by atoms with Crippen molar-refractivity contribution in [3.05, 3.63) is 0 Å². The summed E-state index contributed by atoms with van der Waals surface area (Å²) in [5, 5.41) is 0. The van der Waals surface area contributed by atoms with Gasteiger partial charge in [0.25, 0.3) is 0 Å². The fraction of sp³-hybridized carbons (Fsp3) is 0.933. The van der Waals surface area contributed by atoms with Gasteiger partial charge >= 0.3 is 0 Å². The van der Waals surface area contributed by atoms with Crippen molar-refractivity contribution in [2.24, 2.45) is 11.8 Å². The van der Waals surface area contributed by atoms with Crippen LogP contribution in [-0.4, -0.2) is 29.8 Å². The van der Waals surface area contributed by atoms with Gasteiger partial charge in [0.15, 0.2) is 0 Å². The molecule has 0 radical (unpaired) electrons. The number of carbonyl (C=O) groups is 1. The molecule has 1 rings (SSSR count). The molecule has 1 atom stereocenters. The molecule has 17 heavy (non-hydrogen) atoms. The molecule has 0 bridgehead atoms. The lowest BCUT2D eigenvalue weighted by molar-refractivity contribution is -0.121. The highest BCUT2D eigenvalue weighted by molar-refractivity contribution is 5.83. The van der Waals surface area contributed by atoms with Crippen molar-refractivity contribution in [1.29, 1.82) is 0 Å². The summed E-state index contributed by atoms with van der Waals surface area (Å²) in [6.45, 7) is 11.2. The lowest BCUT2D eigenvalue weighted by atomic mass is 10.0. The van der Waals surface area contributed by atoms with Crippen LogP contribution in [0.1, 0.15) is 59.8 Å². The molecule has 0 aromatic rings. The van der Waals surface area contributed by atoms with Gasteiger partial charge < -0.3 is 0 Å². The Hall–Kier alpha value is -0.370. The number of Topliss-reactive ketones (excluding diaryl/α,β-unsaturated/α-hetero) is 1. The van der Waals surface area contributed by atoms with Crippen LogP contribution in [0.15, 0.2) is 0 Å². The fourth-order valence-corrected chi connectivity index (χ4v) is 3.01. The van der Waals surface area contributed by atoms with Gasteiger partial charge in [0.1, 0.15) is 5.78 Å². The molecule has 100 valence electrons. The fourth-order valence-electron chi connectivity index (χ4n) is 3.01. The van der Waals surface area contributed by atoms with Crippen molar-refractivity contribution in [1.82, 2.24) is 4.90 Å². The number of ketones is 1. The summed E-state index contributed by atoms with van der Waals surface area (Å²) in [7, 11) is 0. The molecule has 1 fully saturated rings. The second kappa shape index (κ2) is 7.15. The minimum atomic E-state index is 0.328. The lowest BCUT2D eigenvalue weighted by Gasteiger charge is -2.33. The molecule has 0 N–H and O–H groups in total. The Morgan fingerprint density at radius 1 is 1.29 bits per heavy atom. The van der Waals surface area contributed by atoms with Crippen LogP contribution in [0, 0.1) is 11.8 Å². The zero-order chi connectivity index (χ0) is 12.8. The van der Waals surface area contributed by atoms with Crippen molar-refractivity contribution >= 4 is 5.78 Å². The lowest BCUT2D eigenvalue weighted by Crippen LogP contribution is -2.41. The van der Waals surface area contributed by atoms with E-state index in [0.29, 0.717) is 23.7 Å². The summed E-state index contributed by atoms with van der Waals surface area (Å²) in [6.07, 6.45) is 5.45. The van der Waals surface area contributed by atoms with E-state index in [0.717, 1.165) is 32.4 Å². The van der Waals surface area contributed by atoms with Gasteiger partial charge in [-0.15, -0.1) is 0 Å². The van der Waals surface area contributed by atoms with Gasteiger partial charge in [0.05, 0.1) is 0 Å². The zero-order valence-electron chi connectivity index (χ0n) is 12.0. The van der Waals surface area contributed by atoms with E-state index in [-0.39, 0.29) is 0 Å². The molecule has 0 heterocycles. The van der Waals surface area contributed by atoms with Gasteiger partial charge in [0.2, 0.25) is 0 Å². The molecule has 2 heteroatoms. The summed E-state index contributed by atoms with van der Waals surface area (Å²) < 4.78 is 0. The third kappa shape index (κ3) is 4.42. The molecule has 1 aliphatic carbocycles. The number of rotatable bonds is 7. The maximum atomic E-state index is 11.8. The predicted molar refractivity (Wildman–Crippen MR) is 73.1 cm³/mol. The summed E-state index contributed by atoms with van der Waals surface area (Å²) in [5.74, 6) is 1.52. The molecule has 0 spiro atoms. The van der Waals surface area contributed by atoms with Crippen LogP contribution in [0.4, 0.5) is 0 Å². The first kappa shape index (κ1) is 14.7. The Balaban J connectivity index is 2.58. The zero-order valence-corrected chi connectivity index (χ0v) is 12.0. The first-order chi connectivity index (χ1) is 8.08. The highest BCUT2D eigenvalue weighted by atomic mass is 16.1. The predicted octanol–water partition coefficient (Wildman–Crippen LogP) is 3.50. The van der Waals surface area contributed by atoms with Crippen LogP contribution >= 0.6 is 0 Å². The van der Waals surface area contributed by atoms with E-state index < -0.39 is 0 Å². The van der Waals surface area contributed by atoms with Crippen LogP contribution in [-0.2, 0) is 4.79 Å². The van der Waals surface area contributed by atoms with Gasteiger partial charge in [-0.3, -0.25) is 9.69 Å². The topological polar surface area (TPSA) is 20.3 Å². The van der Waals surface area contributed by atoms with E-state index in [2.05, 4.69) is 32.6 Å². The maximum absolute atomic E-state index is 11.8. The molecule has 1 unspecified atom stereocenters. The minimum absolute atomic E-state index is 0.328. The van der Waals surface area contributed by atoms with Crippen LogP contribution in [0.2, 0.25) is 0 Å². The monoisotopic (exact) mass is 239 g/mol. The molecule has 0 aliphatic heterocycles. The maximum Gasteiger partial charge on any atom is 0.137 e. The third-order valence-electron chi connectivity index (χ3n) is 3.94.